The first kappa shape index (κ1) is 15.6. The van der Waals surface area contributed by atoms with Crippen LogP contribution in [-0.4, -0.2) is 11.7 Å². The van der Waals surface area contributed by atoms with Crippen molar-refractivity contribution < 1.29 is 9.84 Å². The van der Waals surface area contributed by atoms with Crippen LogP contribution in [0.2, 0.25) is 0 Å². The predicted molar refractivity (Wildman–Crippen MR) is 87.1 cm³/mol. The lowest BCUT2D eigenvalue weighted by atomic mass is 9.87. The van der Waals surface area contributed by atoms with Crippen LogP contribution in [0.15, 0.2) is 48.5 Å². The summed E-state index contributed by atoms with van der Waals surface area (Å²) in [6, 6.07) is 16.3. The molecule has 0 unspecified atom stereocenters. The van der Waals surface area contributed by atoms with Gasteiger partial charge >= 0.3 is 0 Å². The van der Waals surface area contributed by atoms with Gasteiger partial charge in [0.05, 0.1) is 0 Å². The van der Waals surface area contributed by atoms with Gasteiger partial charge in [0, 0.05) is 6.61 Å². The van der Waals surface area contributed by atoms with Gasteiger partial charge in [-0.2, -0.15) is 0 Å². The molecule has 0 fully saturated rings. The molecule has 2 aromatic rings. The summed E-state index contributed by atoms with van der Waals surface area (Å²) in [5.41, 5.74) is 2.60. The monoisotopic (exact) mass is 284 g/mol. The van der Waals surface area contributed by atoms with Gasteiger partial charge in [-0.25, -0.2) is 0 Å². The number of aliphatic hydroxyl groups is 1. The Morgan fingerprint density at radius 3 is 2.29 bits per heavy atom. The summed E-state index contributed by atoms with van der Waals surface area (Å²) in [6.45, 7) is 6.82. The second-order valence-corrected chi connectivity index (χ2v) is 6.35. The van der Waals surface area contributed by atoms with E-state index in [9.17, 15) is 0 Å². The molecule has 0 bridgehead atoms. The summed E-state index contributed by atoms with van der Waals surface area (Å²) in [6.07, 6.45) is 1.70. The average Bonchev–Trinajstić information content (AvgIpc) is 2.46. The Balaban J connectivity index is 2.08. The van der Waals surface area contributed by atoms with E-state index >= 15 is 0 Å². The molecule has 0 saturated carbocycles. The van der Waals surface area contributed by atoms with Crippen LogP contribution in [0.5, 0.6) is 11.5 Å². The van der Waals surface area contributed by atoms with E-state index in [1.165, 1.54) is 11.1 Å². The molecule has 0 heterocycles. The largest absolute Gasteiger partial charge is 0.457 e. The number of aryl methyl sites for hydroxylation is 1. The SMILES string of the molecule is CC(C)(C)c1cccc(Oc2ccc(CCCO)cc2)c1. The van der Waals surface area contributed by atoms with Crippen LogP contribution in [0, 0.1) is 0 Å². The zero-order valence-corrected chi connectivity index (χ0v) is 13.1. The third-order valence-electron chi connectivity index (χ3n) is 3.48. The number of aliphatic hydroxyl groups excluding tert-OH is 1. The second-order valence-electron chi connectivity index (χ2n) is 6.35. The molecule has 0 aliphatic carbocycles. The summed E-state index contributed by atoms with van der Waals surface area (Å²) in [7, 11) is 0. The Bertz CT molecular complexity index is 565. The van der Waals surface area contributed by atoms with Crippen LogP contribution in [-0.2, 0) is 11.8 Å². The van der Waals surface area contributed by atoms with Gasteiger partial charge in [-0.05, 0) is 53.6 Å². The molecule has 2 aromatic carbocycles. The molecule has 0 aromatic heterocycles. The fraction of sp³-hybridized carbons (Fsp3) is 0.368. The van der Waals surface area contributed by atoms with Crippen molar-refractivity contribution in [2.75, 3.05) is 6.61 Å². The van der Waals surface area contributed by atoms with Crippen molar-refractivity contribution in [3.63, 3.8) is 0 Å². The van der Waals surface area contributed by atoms with Crippen LogP contribution >= 0.6 is 0 Å². The molecule has 21 heavy (non-hydrogen) atoms. The van der Waals surface area contributed by atoms with E-state index in [-0.39, 0.29) is 12.0 Å². The summed E-state index contributed by atoms with van der Waals surface area (Å²) in [5, 5.41) is 8.84. The number of hydrogen-bond acceptors (Lipinski definition) is 2. The fourth-order valence-corrected chi connectivity index (χ4v) is 2.17. The molecule has 0 atom stereocenters. The molecule has 0 radical (unpaired) electrons. The van der Waals surface area contributed by atoms with Crippen LogP contribution in [0.25, 0.3) is 0 Å². The fourth-order valence-electron chi connectivity index (χ4n) is 2.17. The van der Waals surface area contributed by atoms with Gasteiger partial charge in [0.2, 0.25) is 0 Å². The Morgan fingerprint density at radius 2 is 1.67 bits per heavy atom. The number of hydrogen-bond donors (Lipinski definition) is 1. The topological polar surface area (TPSA) is 29.5 Å². The third-order valence-corrected chi connectivity index (χ3v) is 3.48. The van der Waals surface area contributed by atoms with E-state index in [0.29, 0.717) is 0 Å². The Labute approximate surface area is 127 Å². The standard InChI is InChI=1S/C19H24O2/c1-19(2,3)16-7-4-8-18(14-16)21-17-11-9-15(10-12-17)6-5-13-20/h4,7-12,14,20H,5-6,13H2,1-3H3. The van der Waals surface area contributed by atoms with E-state index in [1.54, 1.807) is 0 Å². The van der Waals surface area contributed by atoms with Crippen molar-refractivity contribution in [1.82, 2.24) is 0 Å². The first-order chi connectivity index (χ1) is 9.99. The molecule has 1 N–H and O–H groups in total. The smallest absolute Gasteiger partial charge is 0.127 e. The van der Waals surface area contributed by atoms with Gasteiger partial charge in [-0.15, -0.1) is 0 Å². The normalized spacial score (nSPS) is 11.4. The zero-order valence-electron chi connectivity index (χ0n) is 13.1. The predicted octanol–water partition coefficient (Wildman–Crippen LogP) is 4.70. The lowest BCUT2D eigenvalue weighted by Crippen LogP contribution is -2.10. The molecular formula is C19H24O2. The van der Waals surface area contributed by atoms with E-state index in [4.69, 9.17) is 9.84 Å². The van der Waals surface area contributed by atoms with Gasteiger partial charge < -0.3 is 9.84 Å². The van der Waals surface area contributed by atoms with Gasteiger partial charge in [0.25, 0.3) is 0 Å². The van der Waals surface area contributed by atoms with E-state index in [2.05, 4.69) is 45.0 Å². The van der Waals surface area contributed by atoms with Crippen LogP contribution in [0.4, 0.5) is 0 Å². The van der Waals surface area contributed by atoms with Crippen molar-refractivity contribution in [2.24, 2.45) is 0 Å². The van der Waals surface area contributed by atoms with Crippen molar-refractivity contribution in [3.8, 4) is 11.5 Å². The first-order valence-electron chi connectivity index (χ1n) is 7.47. The number of benzene rings is 2. The lowest BCUT2D eigenvalue weighted by Gasteiger charge is -2.19. The molecule has 0 aliphatic rings. The quantitative estimate of drug-likeness (QED) is 0.862. The van der Waals surface area contributed by atoms with E-state index in [0.717, 1.165) is 24.3 Å². The first-order valence-corrected chi connectivity index (χ1v) is 7.47. The molecule has 2 heteroatoms. The van der Waals surface area contributed by atoms with Crippen molar-refractivity contribution in [2.45, 2.75) is 39.0 Å². The number of ether oxygens (including phenoxy) is 1. The van der Waals surface area contributed by atoms with Gasteiger partial charge in [-0.1, -0.05) is 45.0 Å². The highest BCUT2D eigenvalue weighted by Gasteiger charge is 2.14. The molecule has 2 nitrogen and oxygen atoms in total. The third kappa shape index (κ3) is 4.61. The Hall–Kier alpha value is -1.80. The molecule has 2 rings (SSSR count). The Kier molecular flexibility index (Phi) is 5.03. The molecule has 112 valence electrons. The van der Waals surface area contributed by atoms with Crippen LogP contribution in [0.1, 0.15) is 38.3 Å². The zero-order chi connectivity index (χ0) is 15.3. The lowest BCUT2D eigenvalue weighted by molar-refractivity contribution is 0.288. The van der Waals surface area contributed by atoms with Crippen LogP contribution < -0.4 is 4.74 Å². The maximum atomic E-state index is 8.84. The molecule has 0 aliphatic heterocycles. The molecular weight excluding hydrogens is 260 g/mol. The van der Waals surface area contributed by atoms with Gasteiger partial charge in [0.15, 0.2) is 0 Å². The summed E-state index contributed by atoms with van der Waals surface area (Å²) in [4.78, 5) is 0. The minimum atomic E-state index is 0.119. The maximum Gasteiger partial charge on any atom is 0.127 e. The molecule has 0 spiro atoms. The Morgan fingerprint density at radius 1 is 0.952 bits per heavy atom. The van der Waals surface area contributed by atoms with Gasteiger partial charge in [-0.3, -0.25) is 0 Å². The highest BCUT2D eigenvalue weighted by atomic mass is 16.5. The second kappa shape index (κ2) is 6.77. The summed E-state index contributed by atoms with van der Waals surface area (Å²) < 4.78 is 5.92. The van der Waals surface area contributed by atoms with E-state index in [1.807, 2.05) is 24.3 Å². The highest BCUT2D eigenvalue weighted by Crippen LogP contribution is 2.28. The summed E-state index contributed by atoms with van der Waals surface area (Å²) >= 11 is 0. The number of rotatable bonds is 5. The van der Waals surface area contributed by atoms with Crippen molar-refractivity contribution in [1.29, 1.82) is 0 Å². The van der Waals surface area contributed by atoms with Crippen molar-refractivity contribution >= 4 is 0 Å². The van der Waals surface area contributed by atoms with Gasteiger partial charge in [0.1, 0.15) is 11.5 Å². The molecule has 0 amide bonds. The molecule has 0 saturated heterocycles. The minimum absolute atomic E-state index is 0.119. The van der Waals surface area contributed by atoms with Crippen molar-refractivity contribution in [3.05, 3.63) is 59.7 Å². The van der Waals surface area contributed by atoms with Crippen LogP contribution in [0.3, 0.4) is 0 Å². The highest BCUT2D eigenvalue weighted by molar-refractivity contribution is 5.37. The van der Waals surface area contributed by atoms with E-state index < -0.39 is 0 Å². The summed E-state index contributed by atoms with van der Waals surface area (Å²) in [5.74, 6) is 1.71. The maximum absolute atomic E-state index is 8.84. The minimum Gasteiger partial charge on any atom is -0.457 e. The average molecular weight is 284 g/mol.